The monoisotopic (exact) mass is 362 g/mol. The van der Waals surface area contributed by atoms with E-state index in [0.717, 1.165) is 17.6 Å². The largest absolute Gasteiger partial charge is 0.478 e. The molecular formula is C25H30O2. The molecule has 2 nitrogen and oxygen atoms in total. The van der Waals surface area contributed by atoms with Gasteiger partial charge in [-0.05, 0) is 60.8 Å². The van der Waals surface area contributed by atoms with Gasteiger partial charge in [-0.15, -0.1) is 0 Å². The third kappa shape index (κ3) is 6.25. The lowest BCUT2D eigenvalue weighted by Gasteiger charge is -2.34. The van der Waals surface area contributed by atoms with Crippen LogP contribution in [0.15, 0.2) is 83.5 Å². The quantitative estimate of drug-likeness (QED) is 0.449. The summed E-state index contributed by atoms with van der Waals surface area (Å²) >= 11 is 0. The summed E-state index contributed by atoms with van der Waals surface area (Å²) in [4.78, 5) is 10.7. The van der Waals surface area contributed by atoms with Gasteiger partial charge in [0.1, 0.15) is 0 Å². The molecule has 0 radical (unpaired) electrons. The molecule has 0 spiro atoms. The molecule has 1 N–H and O–H groups in total. The second-order valence-corrected chi connectivity index (χ2v) is 7.83. The van der Waals surface area contributed by atoms with Crippen LogP contribution < -0.4 is 0 Å². The Balaban J connectivity index is 2.27. The Morgan fingerprint density at radius 1 is 1.07 bits per heavy atom. The number of rotatable bonds is 6. The minimum Gasteiger partial charge on any atom is -0.478 e. The fourth-order valence-corrected chi connectivity index (χ4v) is 3.52. The van der Waals surface area contributed by atoms with Crippen LogP contribution in [0.4, 0.5) is 0 Å². The Morgan fingerprint density at radius 2 is 1.78 bits per heavy atom. The molecule has 27 heavy (non-hydrogen) atoms. The van der Waals surface area contributed by atoms with E-state index in [4.69, 9.17) is 5.11 Å². The van der Waals surface area contributed by atoms with E-state index in [0.29, 0.717) is 0 Å². The van der Waals surface area contributed by atoms with Gasteiger partial charge >= 0.3 is 5.97 Å². The highest BCUT2D eigenvalue weighted by atomic mass is 16.4. The highest BCUT2D eigenvalue weighted by molar-refractivity contribution is 5.81. The van der Waals surface area contributed by atoms with Crippen molar-refractivity contribution in [2.75, 3.05) is 0 Å². The zero-order valence-corrected chi connectivity index (χ0v) is 16.8. The van der Waals surface area contributed by atoms with Crippen LogP contribution in [0.3, 0.4) is 0 Å². The summed E-state index contributed by atoms with van der Waals surface area (Å²) < 4.78 is 0. The van der Waals surface area contributed by atoms with E-state index in [1.54, 1.807) is 6.92 Å². The Hall–Kier alpha value is -2.61. The topological polar surface area (TPSA) is 37.3 Å². The average Bonchev–Trinajstić information content (AvgIpc) is 2.60. The predicted molar refractivity (Wildman–Crippen MR) is 114 cm³/mol. The van der Waals surface area contributed by atoms with Crippen LogP contribution in [0.5, 0.6) is 0 Å². The minimum atomic E-state index is -0.919. The van der Waals surface area contributed by atoms with Crippen LogP contribution in [-0.2, 0) is 4.79 Å². The molecule has 0 fully saturated rings. The zero-order valence-electron chi connectivity index (χ0n) is 16.8. The molecule has 2 rings (SSSR count). The summed E-state index contributed by atoms with van der Waals surface area (Å²) in [7, 11) is 0. The van der Waals surface area contributed by atoms with Crippen molar-refractivity contribution >= 4 is 11.5 Å². The summed E-state index contributed by atoms with van der Waals surface area (Å²) in [6.07, 6.45) is 14.9. The van der Waals surface area contributed by atoms with Crippen molar-refractivity contribution in [3.05, 3.63) is 89.1 Å². The summed E-state index contributed by atoms with van der Waals surface area (Å²) in [5.41, 5.74) is 6.21. The van der Waals surface area contributed by atoms with Crippen molar-refractivity contribution < 1.29 is 9.90 Å². The number of aliphatic carboxylic acids is 1. The van der Waals surface area contributed by atoms with Crippen LogP contribution in [0.1, 0.15) is 52.5 Å². The number of carboxylic acids is 1. The number of allylic oxidation sites excluding steroid dienone is 9. The highest BCUT2D eigenvalue weighted by Crippen LogP contribution is 2.44. The molecule has 0 heterocycles. The van der Waals surface area contributed by atoms with Crippen LogP contribution in [-0.4, -0.2) is 11.1 Å². The fourth-order valence-electron chi connectivity index (χ4n) is 3.52. The Labute approximate surface area is 163 Å². The molecule has 0 atom stereocenters. The van der Waals surface area contributed by atoms with E-state index in [1.165, 1.54) is 35.6 Å². The van der Waals surface area contributed by atoms with Crippen molar-refractivity contribution in [1.82, 2.24) is 0 Å². The molecule has 0 saturated heterocycles. The van der Waals surface area contributed by atoms with E-state index < -0.39 is 5.97 Å². The number of hydrogen-bond acceptors (Lipinski definition) is 1. The Morgan fingerprint density at radius 3 is 2.44 bits per heavy atom. The van der Waals surface area contributed by atoms with Crippen LogP contribution in [0.25, 0.3) is 5.57 Å². The average molecular weight is 363 g/mol. The fraction of sp³-hybridized carbons (Fsp3) is 0.320. The summed E-state index contributed by atoms with van der Waals surface area (Å²) in [5.74, 6) is -0.919. The van der Waals surface area contributed by atoms with E-state index in [1.807, 2.05) is 18.2 Å². The van der Waals surface area contributed by atoms with E-state index >= 15 is 0 Å². The predicted octanol–water partition coefficient (Wildman–Crippen LogP) is 6.74. The number of benzene rings is 1. The van der Waals surface area contributed by atoms with Crippen molar-refractivity contribution in [3.63, 3.8) is 0 Å². The molecular weight excluding hydrogens is 332 g/mol. The first-order chi connectivity index (χ1) is 12.8. The molecule has 0 unspecified atom stereocenters. The smallest absolute Gasteiger partial charge is 0.328 e. The molecule has 0 aromatic heterocycles. The lowest BCUT2D eigenvalue weighted by molar-refractivity contribution is -0.131. The van der Waals surface area contributed by atoms with Crippen molar-refractivity contribution in [2.45, 2.75) is 47.0 Å². The van der Waals surface area contributed by atoms with Gasteiger partial charge in [0.15, 0.2) is 0 Å². The van der Waals surface area contributed by atoms with Crippen molar-refractivity contribution in [3.8, 4) is 0 Å². The van der Waals surface area contributed by atoms with Gasteiger partial charge in [-0.25, -0.2) is 4.79 Å². The van der Waals surface area contributed by atoms with Gasteiger partial charge in [-0.3, -0.25) is 0 Å². The molecule has 1 aromatic rings. The number of hydrogen-bond donors (Lipinski definition) is 1. The van der Waals surface area contributed by atoms with Crippen molar-refractivity contribution in [1.29, 1.82) is 0 Å². The first kappa shape index (κ1) is 20.7. The molecule has 1 aromatic carbocycles. The normalized spacial score (nSPS) is 18.5. The van der Waals surface area contributed by atoms with Gasteiger partial charge in [-0.1, -0.05) is 80.1 Å². The second kappa shape index (κ2) is 9.36. The lowest BCUT2D eigenvalue weighted by atomic mass is 9.71. The molecule has 142 valence electrons. The SMILES string of the molecule is CC(/C=C/C1=C(c2ccccc2)CCCC1(C)C)=C\C=C\C(C)=C\C(=O)O. The van der Waals surface area contributed by atoms with Gasteiger partial charge in [0.25, 0.3) is 0 Å². The molecule has 2 heteroatoms. The third-order valence-corrected chi connectivity index (χ3v) is 4.99. The van der Waals surface area contributed by atoms with Gasteiger partial charge in [0.2, 0.25) is 0 Å². The van der Waals surface area contributed by atoms with Gasteiger partial charge in [-0.2, -0.15) is 0 Å². The zero-order chi connectivity index (χ0) is 19.9. The second-order valence-electron chi connectivity index (χ2n) is 7.83. The van der Waals surface area contributed by atoms with Crippen molar-refractivity contribution in [2.24, 2.45) is 5.41 Å². The lowest BCUT2D eigenvalue weighted by Crippen LogP contribution is -2.19. The molecule has 0 bridgehead atoms. The van der Waals surface area contributed by atoms with Crippen LogP contribution in [0, 0.1) is 5.41 Å². The van der Waals surface area contributed by atoms with Crippen LogP contribution >= 0.6 is 0 Å². The molecule has 1 aliphatic rings. The van der Waals surface area contributed by atoms with Gasteiger partial charge in [0.05, 0.1) is 0 Å². The van der Waals surface area contributed by atoms with E-state index in [-0.39, 0.29) is 5.41 Å². The van der Waals surface area contributed by atoms with Crippen LogP contribution in [0.2, 0.25) is 0 Å². The third-order valence-electron chi connectivity index (χ3n) is 4.99. The Bertz CT molecular complexity index is 815. The maximum Gasteiger partial charge on any atom is 0.328 e. The van der Waals surface area contributed by atoms with Gasteiger partial charge in [0, 0.05) is 6.08 Å². The van der Waals surface area contributed by atoms with Gasteiger partial charge < -0.3 is 5.11 Å². The molecule has 0 amide bonds. The first-order valence-corrected chi connectivity index (χ1v) is 9.53. The molecule has 1 aliphatic carbocycles. The van der Waals surface area contributed by atoms with E-state index in [9.17, 15) is 4.79 Å². The molecule has 0 aliphatic heterocycles. The molecule has 0 saturated carbocycles. The number of carboxylic acid groups (broad SMARTS) is 1. The standard InChI is InChI=1S/C25H30O2/c1-19(10-8-11-20(2)18-24(26)27)15-16-23-22(14-9-17-25(23,3)4)21-12-6-5-7-13-21/h5-8,10-13,15-16,18H,9,14,17H2,1-4H3,(H,26,27)/b11-8+,16-15+,19-10+,20-18+. The summed E-state index contributed by atoms with van der Waals surface area (Å²) in [6, 6.07) is 10.7. The van der Waals surface area contributed by atoms with E-state index in [2.05, 4.69) is 63.3 Å². The minimum absolute atomic E-state index is 0.164. The maximum absolute atomic E-state index is 10.7. The number of carbonyl (C=O) groups is 1. The summed E-state index contributed by atoms with van der Waals surface area (Å²) in [6.45, 7) is 8.50. The highest BCUT2D eigenvalue weighted by Gasteiger charge is 2.28. The Kier molecular flexibility index (Phi) is 7.18. The maximum atomic E-state index is 10.7. The first-order valence-electron chi connectivity index (χ1n) is 9.53. The summed E-state index contributed by atoms with van der Waals surface area (Å²) in [5, 5.41) is 8.75.